The van der Waals surface area contributed by atoms with Gasteiger partial charge in [0.05, 0.1) is 18.2 Å². The second kappa shape index (κ2) is 6.16. The fourth-order valence-corrected chi connectivity index (χ4v) is 2.96. The molecule has 1 amide bonds. The smallest absolute Gasteiger partial charge is 0.226 e. The van der Waals surface area contributed by atoms with E-state index in [1.165, 1.54) is 11.3 Å². The van der Waals surface area contributed by atoms with Crippen molar-refractivity contribution < 1.29 is 4.79 Å². The van der Waals surface area contributed by atoms with Gasteiger partial charge in [0.15, 0.2) is 5.13 Å². The molecule has 6 heteroatoms. The van der Waals surface area contributed by atoms with Gasteiger partial charge in [-0.1, -0.05) is 34.1 Å². The van der Waals surface area contributed by atoms with Crippen LogP contribution in [0.2, 0.25) is 0 Å². The van der Waals surface area contributed by atoms with Crippen LogP contribution in [-0.4, -0.2) is 10.9 Å². The van der Waals surface area contributed by atoms with Gasteiger partial charge in [0.2, 0.25) is 5.91 Å². The van der Waals surface area contributed by atoms with E-state index in [0.717, 1.165) is 10.0 Å². The molecule has 0 aliphatic carbocycles. The summed E-state index contributed by atoms with van der Waals surface area (Å²) in [5, 5.41) is 5.24. The van der Waals surface area contributed by atoms with E-state index in [9.17, 15) is 4.79 Å². The van der Waals surface area contributed by atoms with Crippen molar-refractivity contribution in [3.8, 4) is 0 Å². The molecule has 0 unspecified atom stereocenters. The fourth-order valence-electron chi connectivity index (χ4n) is 1.76. The highest BCUT2D eigenvalue weighted by molar-refractivity contribution is 9.10. The van der Waals surface area contributed by atoms with Crippen molar-refractivity contribution in [1.82, 2.24) is 10.3 Å². The molecule has 1 aromatic carbocycles. The Kier molecular flexibility index (Phi) is 4.55. The summed E-state index contributed by atoms with van der Waals surface area (Å²) >= 11 is 4.82. The molecule has 1 heterocycles. The highest BCUT2D eigenvalue weighted by Crippen LogP contribution is 2.22. The lowest BCUT2D eigenvalue weighted by Crippen LogP contribution is -2.28. The van der Waals surface area contributed by atoms with E-state index in [0.29, 0.717) is 10.8 Å². The van der Waals surface area contributed by atoms with Crippen molar-refractivity contribution in [2.45, 2.75) is 19.4 Å². The summed E-state index contributed by atoms with van der Waals surface area (Å²) in [6, 6.07) is 7.78. The first kappa shape index (κ1) is 14.0. The number of nitrogens with two attached hydrogens (primary N) is 1. The number of carbonyl (C=O) groups is 1. The Morgan fingerprint density at radius 2 is 2.26 bits per heavy atom. The van der Waals surface area contributed by atoms with E-state index in [1.54, 1.807) is 5.38 Å². The Morgan fingerprint density at radius 3 is 2.89 bits per heavy atom. The second-order valence-electron chi connectivity index (χ2n) is 4.16. The number of benzene rings is 1. The Balaban J connectivity index is 1.97. The van der Waals surface area contributed by atoms with Crippen molar-refractivity contribution in [3.05, 3.63) is 45.4 Å². The van der Waals surface area contributed by atoms with Crippen LogP contribution in [0.1, 0.15) is 24.2 Å². The van der Waals surface area contributed by atoms with Crippen LogP contribution in [0.4, 0.5) is 5.13 Å². The summed E-state index contributed by atoms with van der Waals surface area (Å²) in [5.74, 6) is -0.0615. The maximum Gasteiger partial charge on any atom is 0.226 e. The Bertz CT molecular complexity index is 585. The zero-order valence-corrected chi connectivity index (χ0v) is 12.8. The SMILES string of the molecule is C[C@H](NC(=O)Cc1csc(N)n1)c1ccccc1Br. The molecule has 2 rings (SSSR count). The molecule has 1 aromatic heterocycles. The molecule has 0 bridgehead atoms. The Labute approximate surface area is 124 Å². The van der Waals surface area contributed by atoms with Crippen molar-refractivity contribution in [3.63, 3.8) is 0 Å². The van der Waals surface area contributed by atoms with Crippen LogP contribution >= 0.6 is 27.3 Å². The van der Waals surface area contributed by atoms with Crippen LogP contribution in [0.25, 0.3) is 0 Å². The number of hydrogen-bond acceptors (Lipinski definition) is 4. The van der Waals surface area contributed by atoms with E-state index in [4.69, 9.17) is 5.73 Å². The molecule has 0 saturated heterocycles. The molecule has 0 aliphatic rings. The number of hydrogen-bond donors (Lipinski definition) is 2. The molecule has 0 fully saturated rings. The molecule has 19 heavy (non-hydrogen) atoms. The third-order valence-electron chi connectivity index (χ3n) is 2.66. The summed E-state index contributed by atoms with van der Waals surface area (Å²) < 4.78 is 0.987. The topological polar surface area (TPSA) is 68.0 Å². The van der Waals surface area contributed by atoms with E-state index in [1.807, 2.05) is 31.2 Å². The first-order valence-corrected chi connectivity index (χ1v) is 7.47. The third-order valence-corrected chi connectivity index (χ3v) is 4.11. The van der Waals surface area contributed by atoms with Crippen LogP contribution < -0.4 is 11.1 Å². The van der Waals surface area contributed by atoms with Gasteiger partial charge >= 0.3 is 0 Å². The van der Waals surface area contributed by atoms with Gasteiger partial charge in [-0.3, -0.25) is 4.79 Å². The zero-order valence-electron chi connectivity index (χ0n) is 10.4. The van der Waals surface area contributed by atoms with Crippen molar-refractivity contribution >= 4 is 38.3 Å². The predicted molar refractivity (Wildman–Crippen MR) is 80.9 cm³/mol. The molecule has 4 nitrogen and oxygen atoms in total. The van der Waals surface area contributed by atoms with Crippen molar-refractivity contribution in [1.29, 1.82) is 0 Å². The number of nitrogen functional groups attached to an aromatic ring is 1. The van der Waals surface area contributed by atoms with Gasteiger partial charge in [0.25, 0.3) is 0 Å². The number of amides is 1. The lowest BCUT2D eigenvalue weighted by Gasteiger charge is -2.15. The summed E-state index contributed by atoms with van der Waals surface area (Å²) in [7, 11) is 0. The van der Waals surface area contributed by atoms with Gasteiger partial charge in [-0.2, -0.15) is 0 Å². The minimum absolute atomic E-state index is 0.0564. The molecule has 3 N–H and O–H groups in total. The first-order valence-electron chi connectivity index (χ1n) is 5.80. The predicted octanol–water partition coefficient (Wildman–Crippen LogP) is 2.91. The minimum atomic E-state index is -0.0615. The van der Waals surface area contributed by atoms with E-state index >= 15 is 0 Å². The molecule has 1 atom stereocenters. The lowest BCUT2D eigenvalue weighted by atomic mass is 10.1. The van der Waals surface area contributed by atoms with Crippen LogP contribution in [0.15, 0.2) is 34.1 Å². The zero-order chi connectivity index (χ0) is 13.8. The molecule has 0 radical (unpaired) electrons. The molecule has 2 aromatic rings. The van der Waals surface area contributed by atoms with E-state index in [-0.39, 0.29) is 18.4 Å². The normalized spacial score (nSPS) is 12.1. The van der Waals surface area contributed by atoms with E-state index < -0.39 is 0 Å². The number of thiazole rings is 1. The summed E-state index contributed by atoms with van der Waals surface area (Å²) in [6.07, 6.45) is 0.252. The van der Waals surface area contributed by atoms with Crippen molar-refractivity contribution in [2.75, 3.05) is 5.73 Å². The third kappa shape index (κ3) is 3.78. The van der Waals surface area contributed by atoms with Gasteiger partial charge in [0, 0.05) is 9.85 Å². The standard InChI is InChI=1S/C13H14BrN3OS/c1-8(10-4-2-3-5-11(10)14)16-12(18)6-9-7-19-13(15)17-9/h2-5,7-8H,6H2,1H3,(H2,15,17)(H,16,18)/t8-/m0/s1. The highest BCUT2D eigenvalue weighted by atomic mass is 79.9. The minimum Gasteiger partial charge on any atom is -0.375 e. The maximum absolute atomic E-state index is 11.9. The van der Waals surface area contributed by atoms with Gasteiger partial charge in [-0.05, 0) is 18.6 Å². The number of nitrogens with one attached hydrogen (secondary N) is 1. The average Bonchev–Trinajstić information content (AvgIpc) is 2.74. The molecular weight excluding hydrogens is 326 g/mol. The Morgan fingerprint density at radius 1 is 1.53 bits per heavy atom. The maximum atomic E-state index is 11.9. The van der Waals surface area contributed by atoms with Crippen molar-refractivity contribution in [2.24, 2.45) is 0 Å². The van der Waals surface area contributed by atoms with Gasteiger partial charge in [-0.15, -0.1) is 11.3 Å². The fraction of sp³-hybridized carbons (Fsp3) is 0.231. The first-order chi connectivity index (χ1) is 9.06. The van der Waals surface area contributed by atoms with Gasteiger partial charge < -0.3 is 11.1 Å². The molecule has 0 aliphatic heterocycles. The lowest BCUT2D eigenvalue weighted by molar-refractivity contribution is -0.121. The Hall–Kier alpha value is -1.40. The van der Waals surface area contributed by atoms with Crippen LogP contribution in [-0.2, 0) is 11.2 Å². The highest BCUT2D eigenvalue weighted by Gasteiger charge is 2.13. The second-order valence-corrected chi connectivity index (χ2v) is 5.91. The molecule has 0 spiro atoms. The largest absolute Gasteiger partial charge is 0.375 e. The summed E-state index contributed by atoms with van der Waals surface area (Å²) in [5.41, 5.74) is 7.29. The number of nitrogens with zero attached hydrogens (tertiary/aromatic N) is 1. The average molecular weight is 340 g/mol. The molecule has 100 valence electrons. The van der Waals surface area contributed by atoms with Gasteiger partial charge in [-0.25, -0.2) is 4.98 Å². The van der Waals surface area contributed by atoms with E-state index in [2.05, 4.69) is 26.2 Å². The molecular formula is C13H14BrN3OS. The molecule has 0 saturated carbocycles. The summed E-state index contributed by atoms with van der Waals surface area (Å²) in [6.45, 7) is 1.95. The van der Waals surface area contributed by atoms with Crippen LogP contribution in [0, 0.1) is 0 Å². The number of aromatic nitrogens is 1. The quantitative estimate of drug-likeness (QED) is 0.899. The number of halogens is 1. The number of anilines is 1. The van der Waals surface area contributed by atoms with Crippen LogP contribution in [0.5, 0.6) is 0 Å². The van der Waals surface area contributed by atoms with Crippen LogP contribution in [0.3, 0.4) is 0 Å². The number of carbonyl (C=O) groups excluding carboxylic acids is 1. The number of rotatable bonds is 4. The summed E-state index contributed by atoms with van der Waals surface area (Å²) in [4.78, 5) is 16.0. The van der Waals surface area contributed by atoms with Gasteiger partial charge in [0.1, 0.15) is 0 Å². The monoisotopic (exact) mass is 339 g/mol.